The normalized spacial score (nSPS) is 17.8. The summed E-state index contributed by atoms with van der Waals surface area (Å²) >= 11 is 0. The highest BCUT2D eigenvalue weighted by atomic mass is 15.1. The molecule has 0 aliphatic heterocycles. The quantitative estimate of drug-likeness (QED) is 0.555. The molecule has 0 spiro atoms. The van der Waals surface area contributed by atoms with E-state index in [9.17, 15) is 0 Å². The zero-order valence-corrected chi connectivity index (χ0v) is 5.04. The van der Waals surface area contributed by atoms with E-state index in [4.69, 9.17) is 0 Å². The topological polar surface area (TPSA) is 25.8 Å². The summed E-state index contributed by atoms with van der Waals surface area (Å²) in [5.41, 5.74) is 1.08. The first-order valence-electron chi connectivity index (χ1n) is 3.09. The van der Waals surface area contributed by atoms with E-state index in [1.807, 2.05) is 12.1 Å². The Morgan fingerprint density at radius 3 is 2.78 bits per heavy atom. The minimum atomic E-state index is 1.08. The lowest BCUT2D eigenvalue weighted by atomic mass is 10.3. The molecule has 2 rings (SSSR count). The van der Waals surface area contributed by atoms with Gasteiger partial charge in [-0.05, 0) is 25.0 Å². The van der Waals surface area contributed by atoms with Crippen LogP contribution in [0.2, 0.25) is 0 Å². The molecule has 2 nitrogen and oxygen atoms in total. The average Bonchev–Trinajstić information content (AvgIpc) is 2.71. The maximum atomic E-state index is 3.95. The molecule has 1 aromatic heterocycles. The molecule has 0 bridgehead atoms. The summed E-state index contributed by atoms with van der Waals surface area (Å²) in [4.78, 5) is 0. The summed E-state index contributed by atoms with van der Waals surface area (Å²) in [6.45, 7) is 0. The summed E-state index contributed by atoms with van der Waals surface area (Å²) in [7, 11) is 0. The second kappa shape index (κ2) is 1.79. The summed E-state index contributed by atoms with van der Waals surface area (Å²) in [6, 6.07) is 3.93. The molecule has 0 aromatic carbocycles. The maximum absolute atomic E-state index is 3.95. The van der Waals surface area contributed by atoms with Crippen molar-refractivity contribution in [1.29, 1.82) is 0 Å². The second-order valence-electron chi connectivity index (χ2n) is 2.21. The number of nitrogens with zero attached hydrogens (tertiary/aromatic N) is 2. The molecule has 2 heteroatoms. The van der Waals surface area contributed by atoms with Crippen molar-refractivity contribution in [3.8, 4) is 0 Å². The molecule has 1 aliphatic carbocycles. The fourth-order valence-corrected chi connectivity index (χ4v) is 0.809. The first kappa shape index (κ1) is 4.91. The third kappa shape index (κ3) is 0.922. The van der Waals surface area contributed by atoms with Gasteiger partial charge in [0.1, 0.15) is 0 Å². The van der Waals surface area contributed by atoms with Gasteiger partial charge in [0.15, 0.2) is 0 Å². The Kier molecular flexibility index (Phi) is 0.979. The molecule has 0 atom stereocenters. The standard InChI is InChI=1S/C7H7N2/c1-2-7(6-3-4-6)9-8-5-1/h1-2,5H,3-4H2. The van der Waals surface area contributed by atoms with Crippen LogP contribution >= 0.6 is 0 Å². The number of hydrogen-bond acceptors (Lipinski definition) is 2. The summed E-state index contributed by atoms with van der Waals surface area (Å²) in [5, 5.41) is 7.73. The van der Waals surface area contributed by atoms with Crippen LogP contribution in [0, 0.1) is 5.92 Å². The summed E-state index contributed by atoms with van der Waals surface area (Å²) < 4.78 is 0. The Morgan fingerprint density at radius 2 is 2.22 bits per heavy atom. The Labute approximate surface area is 53.9 Å². The molecule has 0 N–H and O–H groups in total. The van der Waals surface area contributed by atoms with E-state index in [-0.39, 0.29) is 0 Å². The molecule has 1 saturated carbocycles. The zero-order chi connectivity index (χ0) is 6.10. The van der Waals surface area contributed by atoms with E-state index in [1.54, 1.807) is 6.20 Å². The highest BCUT2D eigenvalue weighted by molar-refractivity contribution is 5.29. The molecule has 1 heterocycles. The Bertz CT molecular complexity index is 191. The van der Waals surface area contributed by atoms with Crippen LogP contribution in [0.25, 0.3) is 0 Å². The van der Waals surface area contributed by atoms with Crippen LogP contribution in [-0.4, -0.2) is 10.2 Å². The first-order chi connectivity index (χ1) is 4.47. The largest absolute Gasteiger partial charge is 0.159 e. The Morgan fingerprint density at radius 1 is 1.33 bits per heavy atom. The summed E-state index contributed by atoms with van der Waals surface area (Å²) in [6.07, 6.45) is 4.14. The van der Waals surface area contributed by atoms with Gasteiger partial charge in [0.05, 0.1) is 5.69 Å². The lowest BCUT2D eigenvalue weighted by Gasteiger charge is -1.89. The fourth-order valence-electron chi connectivity index (χ4n) is 0.809. The van der Waals surface area contributed by atoms with E-state index < -0.39 is 0 Å². The molecule has 1 radical (unpaired) electrons. The fraction of sp³-hybridized carbons (Fsp3) is 0.286. The van der Waals surface area contributed by atoms with Gasteiger partial charge in [-0.25, -0.2) is 0 Å². The van der Waals surface area contributed by atoms with Gasteiger partial charge in [0.25, 0.3) is 0 Å². The van der Waals surface area contributed by atoms with Gasteiger partial charge in [-0.2, -0.15) is 10.2 Å². The lowest BCUT2D eigenvalue weighted by Crippen LogP contribution is -1.86. The molecule has 0 unspecified atom stereocenters. The van der Waals surface area contributed by atoms with Gasteiger partial charge in [-0.3, -0.25) is 0 Å². The third-order valence-corrected chi connectivity index (χ3v) is 1.43. The van der Waals surface area contributed by atoms with Crippen molar-refractivity contribution in [2.75, 3.05) is 0 Å². The van der Waals surface area contributed by atoms with Crippen molar-refractivity contribution in [3.05, 3.63) is 29.9 Å². The number of aromatic nitrogens is 2. The predicted octanol–water partition coefficient (Wildman–Crippen LogP) is 1.19. The monoisotopic (exact) mass is 119 g/mol. The lowest BCUT2D eigenvalue weighted by molar-refractivity contribution is 0.980. The van der Waals surface area contributed by atoms with E-state index in [1.165, 1.54) is 18.8 Å². The number of rotatable bonds is 1. The van der Waals surface area contributed by atoms with Crippen LogP contribution in [0.3, 0.4) is 0 Å². The minimum absolute atomic E-state index is 1.08. The van der Waals surface area contributed by atoms with Crippen LogP contribution in [0.5, 0.6) is 0 Å². The molecule has 0 amide bonds. The first-order valence-corrected chi connectivity index (χ1v) is 3.09. The molecule has 45 valence electrons. The van der Waals surface area contributed by atoms with Crippen LogP contribution < -0.4 is 0 Å². The van der Waals surface area contributed by atoms with Crippen LogP contribution in [0.4, 0.5) is 0 Å². The molecule has 9 heavy (non-hydrogen) atoms. The smallest absolute Gasteiger partial charge is 0.0702 e. The van der Waals surface area contributed by atoms with Crippen molar-refractivity contribution in [1.82, 2.24) is 10.2 Å². The molecule has 1 aliphatic rings. The molecule has 1 aromatic rings. The van der Waals surface area contributed by atoms with E-state index >= 15 is 0 Å². The highest BCUT2D eigenvalue weighted by Gasteiger charge is 2.25. The highest BCUT2D eigenvalue weighted by Crippen LogP contribution is 2.36. The van der Waals surface area contributed by atoms with Crippen LogP contribution in [-0.2, 0) is 0 Å². The zero-order valence-electron chi connectivity index (χ0n) is 5.04. The van der Waals surface area contributed by atoms with Gasteiger partial charge >= 0.3 is 0 Å². The van der Waals surface area contributed by atoms with Gasteiger partial charge in [0.2, 0.25) is 0 Å². The average molecular weight is 119 g/mol. The Hall–Kier alpha value is -0.920. The molecule has 0 saturated heterocycles. The van der Waals surface area contributed by atoms with Crippen molar-refractivity contribution >= 4 is 0 Å². The van der Waals surface area contributed by atoms with E-state index in [0.29, 0.717) is 0 Å². The van der Waals surface area contributed by atoms with Gasteiger partial charge in [-0.15, -0.1) is 0 Å². The van der Waals surface area contributed by atoms with Crippen LogP contribution in [0.15, 0.2) is 18.3 Å². The SMILES string of the molecule is c1cnnc([C]2CC2)c1. The predicted molar refractivity (Wildman–Crippen MR) is 33.6 cm³/mol. The second-order valence-corrected chi connectivity index (χ2v) is 2.21. The van der Waals surface area contributed by atoms with Gasteiger partial charge in [-0.1, -0.05) is 0 Å². The van der Waals surface area contributed by atoms with Crippen molar-refractivity contribution in [2.45, 2.75) is 12.8 Å². The molecular weight excluding hydrogens is 112 g/mol. The van der Waals surface area contributed by atoms with Crippen molar-refractivity contribution in [3.63, 3.8) is 0 Å². The summed E-state index contributed by atoms with van der Waals surface area (Å²) in [5.74, 6) is 1.45. The van der Waals surface area contributed by atoms with Crippen LogP contribution in [0.1, 0.15) is 18.5 Å². The molecular formula is C7H7N2. The van der Waals surface area contributed by atoms with Gasteiger partial charge < -0.3 is 0 Å². The van der Waals surface area contributed by atoms with Crippen molar-refractivity contribution in [2.24, 2.45) is 0 Å². The third-order valence-electron chi connectivity index (χ3n) is 1.43. The van der Waals surface area contributed by atoms with E-state index in [0.717, 1.165) is 5.69 Å². The Balaban J connectivity index is 2.29. The maximum Gasteiger partial charge on any atom is 0.0702 e. The molecule has 1 fully saturated rings. The van der Waals surface area contributed by atoms with Crippen molar-refractivity contribution < 1.29 is 0 Å². The number of hydrogen-bond donors (Lipinski definition) is 0. The van der Waals surface area contributed by atoms with Gasteiger partial charge in [0, 0.05) is 12.1 Å². The minimum Gasteiger partial charge on any atom is -0.159 e. The van der Waals surface area contributed by atoms with E-state index in [2.05, 4.69) is 10.2 Å².